The van der Waals surface area contributed by atoms with Crippen LogP contribution in [0, 0.1) is 5.82 Å². The second kappa shape index (κ2) is 7.21. The van der Waals surface area contributed by atoms with Crippen molar-refractivity contribution in [2.45, 2.75) is 0 Å². The van der Waals surface area contributed by atoms with Crippen molar-refractivity contribution in [3.63, 3.8) is 0 Å². The Labute approximate surface area is 127 Å². The highest BCUT2D eigenvalue weighted by atomic mass is 19.1. The van der Waals surface area contributed by atoms with Crippen molar-refractivity contribution in [2.75, 3.05) is 19.0 Å². The molecule has 2 rings (SSSR count). The van der Waals surface area contributed by atoms with Gasteiger partial charge >= 0.3 is 0 Å². The summed E-state index contributed by atoms with van der Waals surface area (Å²) in [6.45, 7) is -0.229. The summed E-state index contributed by atoms with van der Waals surface area (Å²) in [5.74, 6) is -0.914. The van der Waals surface area contributed by atoms with E-state index in [4.69, 9.17) is 4.74 Å². The first-order chi connectivity index (χ1) is 10.6. The van der Waals surface area contributed by atoms with Gasteiger partial charge in [0.05, 0.1) is 19.3 Å². The number of carbonyl (C=O) groups excluding carboxylic acids is 2. The number of amides is 2. The molecule has 0 aliphatic carbocycles. The maximum atomic E-state index is 13.0. The van der Waals surface area contributed by atoms with E-state index in [9.17, 15) is 14.0 Å². The van der Waals surface area contributed by atoms with Crippen LogP contribution in [0.25, 0.3) is 0 Å². The Bertz CT molecular complexity index is 689. The molecule has 5 nitrogen and oxygen atoms in total. The lowest BCUT2D eigenvalue weighted by Gasteiger charge is -2.10. The number of anilines is 1. The van der Waals surface area contributed by atoms with Gasteiger partial charge in [-0.1, -0.05) is 18.2 Å². The maximum Gasteiger partial charge on any atom is 0.251 e. The monoisotopic (exact) mass is 302 g/mol. The molecule has 2 aromatic rings. The number of methoxy groups -OCH3 is 1. The van der Waals surface area contributed by atoms with Crippen LogP contribution in [0.4, 0.5) is 10.1 Å². The number of hydrogen-bond donors (Lipinski definition) is 2. The first-order valence-corrected chi connectivity index (χ1v) is 6.57. The summed E-state index contributed by atoms with van der Waals surface area (Å²) >= 11 is 0. The fourth-order valence-corrected chi connectivity index (χ4v) is 1.83. The minimum Gasteiger partial charge on any atom is -0.495 e. The highest BCUT2D eigenvalue weighted by Crippen LogP contribution is 2.22. The number of nitrogens with one attached hydrogen (secondary N) is 2. The fourth-order valence-electron chi connectivity index (χ4n) is 1.83. The van der Waals surface area contributed by atoms with Crippen LogP contribution >= 0.6 is 0 Å². The number of para-hydroxylation sites is 2. The first kappa shape index (κ1) is 15.5. The Morgan fingerprint density at radius 3 is 2.64 bits per heavy atom. The van der Waals surface area contributed by atoms with Crippen LogP contribution in [-0.2, 0) is 4.79 Å². The largest absolute Gasteiger partial charge is 0.495 e. The first-order valence-electron chi connectivity index (χ1n) is 6.57. The molecule has 2 N–H and O–H groups in total. The molecule has 0 saturated carbocycles. The smallest absolute Gasteiger partial charge is 0.251 e. The van der Waals surface area contributed by atoms with E-state index in [1.807, 2.05) is 0 Å². The normalized spacial score (nSPS) is 9.91. The van der Waals surface area contributed by atoms with Crippen molar-refractivity contribution in [2.24, 2.45) is 0 Å². The molecule has 6 heteroatoms. The fraction of sp³-hybridized carbons (Fsp3) is 0.125. The number of benzene rings is 2. The topological polar surface area (TPSA) is 67.4 Å². The van der Waals surface area contributed by atoms with Gasteiger partial charge < -0.3 is 15.4 Å². The molecule has 0 saturated heterocycles. The van der Waals surface area contributed by atoms with Crippen LogP contribution < -0.4 is 15.4 Å². The van der Waals surface area contributed by atoms with E-state index in [0.717, 1.165) is 6.07 Å². The summed E-state index contributed by atoms with van der Waals surface area (Å²) in [5, 5.41) is 5.05. The Kier molecular flexibility index (Phi) is 5.08. The van der Waals surface area contributed by atoms with Crippen LogP contribution in [0.5, 0.6) is 5.75 Å². The van der Waals surface area contributed by atoms with E-state index in [-0.39, 0.29) is 12.1 Å². The number of carbonyl (C=O) groups is 2. The summed E-state index contributed by atoms with van der Waals surface area (Å²) in [5.41, 5.74) is 0.667. The molecule has 0 aliphatic heterocycles. The average molecular weight is 302 g/mol. The van der Waals surface area contributed by atoms with Gasteiger partial charge in [0, 0.05) is 5.56 Å². The molecule has 22 heavy (non-hydrogen) atoms. The number of ether oxygens (including phenoxy) is 1. The standard InChI is InChI=1S/C16H15FN2O3/c1-22-14-8-3-2-7-13(14)19-15(20)10-18-16(21)11-5-4-6-12(17)9-11/h2-9H,10H2,1H3,(H,18,21)(H,19,20). The SMILES string of the molecule is COc1ccccc1NC(=O)CNC(=O)c1cccc(F)c1. The molecular weight excluding hydrogens is 287 g/mol. The molecule has 0 fully saturated rings. The van der Waals surface area contributed by atoms with Gasteiger partial charge in [0.1, 0.15) is 11.6 Å². The van der Waals surface area contributed by atoms with Crippen LogP contribution in [0.1, 0.15) is 10.4 Å². The van der Waals surface area contributed by atoms with E-state index >= 15 is 0 Å². The van der Waals surface area contributed by atoms with E-state index in [2.05, 4.69) is 10.6 Å². The zero-order chi connectivity index (χ0) is 15.9. The van der Waals surface area contributed by atoms with Gasteiger partial charge in [-0.2, -0.15) is 0 Å². The third kappa shape index (κ3) is 4.05. The van der Waals surface area contributed by atoms with Gasteiger partial charge in [-0.15, -0.1) is 0 Å². The van der Waals surface area contributed by atoms with Crippen molar-refractivity contribution >= 4 is 17.5 Å². The van der Waals surface area contributed by atoms with E-state index in [1.54, 1.807) is 24.3 Å². The van der Waals surface area contributed by atoms with Gasteiger partial charge in [0.25, 0.3) is 5.91 Å². The molecule has 0 spiro atoms. The van der Waals surface area contributed by atoms with Crippen molar-refractivity contribution in [3.8, 4) is 5.75 Å². The molecule has 0 aliphatic rings. The Balaban J connectivity index is 1.91. The highest BCUT2D eigenvalue weighted by molar-refractivity contribution is 5.99. The van der Waals surface area contributed by atoms with Gasteiger partial charge in [-0.25, -0.2) is 4.39 Å². The minimum absolute atomic E-state index is 0.157. The average Bonchev–Trinajstić information content (AvgIpc) is 2.53. The quantitative estimate of drug-likeness (QED) is 0.890. The third-order valence-electron chi connectivity index (χ3n) is 2.88. The second-order valence-corrected chi connectivity index (χ2v) is 4.44. The van der Waals surface area contributed by atoms with Crippen molar-refractivity contribution in [3.05, 3.63) is 59.9 Å². The Morgan fingerprint density at radius 1 is 1.14 bits per heavy atom. The Morgan fingerprint density at radius 2 is 1.91 bits per heavy atom. The molecule has 114 valence electrons. The van der Waals surface area contributed by atoms with E-state index in [1.165, 1.54) is 25.3 Å². The minimum atomic E-state index is -0.519. The van der Waals surface area contributed by atoms with Gasteiger partial charge in [0.2, 0.25) is 5.91 Å². The van der Waals surface area contributed by atoms with Gasteiger partial charge in [-0.05, 0) is 30.3 Å². The lowest BCUT2D eigenvalue weighted by Crippen LogP contribution is -2.32. The predicted octanol–water partition coefficient (Wildman–Crippen LogP) is 2.20. The van der Waals surface area contributed by atoms with Crippen LogP contribution in [0.2, 0.25) is 0 Å². The molecular formula is C16H15FN2O3. The molecule has 0 unspecified atom stereocenters. The van der Waals surface area contributed by atoms with Crippen molar-refractivity contribution in [1.82, 2.24) is 5.32 Å². The Hall–Kier alpha value is -2.89. The molecule has 0 aromatic heterocycles. The predicted molar refractivity (Wildman–Crippen MR) is 80.4 cm³/mol. The summed E-state index contributed by atoms with van der Waals surface area (Å²) < 4.78 is 18.1. The van der Waals surface area contributed by atoms with Gasteiger partial charge in [0.15, 0.2) is 0 Å². The lowest BCUT2D eigenvalue weighted by atomic mass is 10.2. The molecule has 0 heterocycles. The van der Waals surface area contributed by atoms with Crippen molar-refractivity contribution in [1.29, 1.82) is 0 Å². The summed E-state index contributed by atoms with van der Waals surface area (Å²) in [6, 6.07) is 12.2. The maximum absolute atomic E-state index is 13.0. The molecule has 0 radical (unpaired) electrons. The van der Waals surface area contributed by atoms with E-state index in [0.29, 0.717) is 11.4 Å². The summed E-state index contributed by atoms with van der Waals surface area (Å²) in [4.78, 5) is 23.6. The van der Waals surface area contributed by atoms with Crippen LogP contribution in [0.3, 0.4) is 0 Å². The van der Waals surface area contributed by atoms with Crippen LogP contribution in [-0.4, -0.2) is 25.5 Å². The third-order valence-corrected chi connectivity index (χ3v) is 2.88. The van der Waals surface area contributed by atoms with E-state index < -0.39 is 17.6 Å². The number of halogens is 1. The van der Waals surface area contributed by atoms with Gasteiger partial charge in [-0.3, -0.25) is 9.59 Å². The zero-order valence-corrected chi connectivity index (χ0v) is 11.9. The molecule has 0 atom stereocenters. The number of hydrogen-bond acceptors (Lipinski definition) is 3. The molecule has 2 aromatic carbocycles. The lowest BCUT2D eigenvalue weighted by molar-refractivity contribution is -0.115. The van der Waals surface area contributed by atoms with Crippen LogP contribution in [0.15, 0.2) is 48.5 Å². The highest BCUT2D eigenvalue weighted by Gasteiger charge is 2.10. The second-order valence-electron chi connectivity index (χ2n) is 4.44. The molecule has 0 bridgehead atoms. The molecule has 2 amide bonds. The zero-order valence-electron chi connectivity index (χ0n) is 11.9. The number of rotatable bonds is 5. The summed E-state index contributed by atoms with van der Waals surface area (Å²) in [6.07, 6.45) is 0. The van der Waals surface area contributed by atoms with Crippen molar-refractivity contribution < 1.29 is 18.7 Å². The summed E-state index contributed by atoms with van der Waals surface area (Å²) in [7, 11) is 1.50.